The van der Waals surface area contributed by atoms with Crippen LogP contribution in [0.25, 0.3) is 11.1 Å². The number of carbonyl (C=O) groups excluding carboxylic acids is 5. The zero-order valence-electron chi connectivity index (χ0n) is 36.5. The van der Waals surface area contributed by atoms with Crippen LogP contribution in [0.4, 0.5) is 4.79 Å². The fourth-order valence-corrected chi connectivity index (χ4v) is 7.25. The number of ether oxygens (including phenoxy) is 1. The molecular weight excluding hydrogens is 777 g/mol. The van der Waals surface area contributed by atoms with Crippen molar-refractivity contribution in [1.82, 2.24) is 26.2 Å². The molecule has 5 amide bonds. The van der Waals surface area contributed by atoms with E-state index in [9.17, 15) is 33.9 Å². The van der Waals surface area contributed by atoms with Crippen LogP contribution in [0.1, 0.15) is 124 Å². The zero-order valence-corrected chi connectivity index (χ0v) is 36.5. The van der Waals surface area contributed by atoms with E-state index < -0.39 is 65.6 Å². The molecule has 61 heavy (non-hydrogen) atoms. The van der Waals surface area contributed by atoms with Crippen molar-refractivity contribution in [2.45, 2.75) is 135 Å². The number of aliphatic carboxylic acids is 1. The second-order valence-corrected chi connectivity index (χ2v) is 16.9. The van der Waals surface area contributed by atoms with Crippen LogP contribution >= 0.6 is 0 Å². The number of carboxylic acid groups (broad SMARTS) is 1. The molecule has 330 valence electrons. The summed E-state index contributed by atoms with van der Waals surface area (Å²) in [5, 5.41) is 20.3. The predicted octanol–water partition coefficient (Wildman–Crippen LogP) is 6.08. The largest absolute Gasteiger partial charge is 0.480 e. The van der Waals surface area contributed by atoms with Gasteiger partial charge in [0.05, 0.1) is 0 Å². The average Bonchev–Trinajstić information content (AvgIpc) is 3.21. The third kappa shape index (κ3) is 14.7. The SMILES string of the molecule is CCCCc1ccc(-c2ccc(C(=O)N[C@@H](CCCCNC(=O)OC(C)(C)C)C(=O)N(C)[C@@H]3C(=O)N[C@@H](N)C(=O)N[C@H](C(=O)O)CCCCCc4cc3ccc4C)cc2)cc1. The molecule has 0 saturated carbocycles. The molecule has 1 heterocycles. The van der Waals surface area contributed by atoms with E-state index in [2.05, 4.69) is 52.5 Å². The topological polar surface area (TPSA) is 209 Å². The molecule has 4 rings (SSSR count). The number of carboxylic acids is 1. The van der Waals surface area contributed by atoms with Crippen LogP contribution in [0.2, 0.25) is 0 Å². The van der Waals surface area contributed by atoms with Gasteiger partial charge in [0.1, 0.15) is 23.7 Å². The third-order valence-corrected chi connectivity index (χ3v) is 10.8. The van der Waals surface area contributed by atoms with E-state index in [4.69, 9.17) is 10.5 Å². The lowest BCUT2D eigenvalue weighted by atomic mass is 9.94. The minimum atomic E-state index is -1.62. The Kier molecular flexibility index (Phi) is 17.9. The monoisotopic (exact) mass is 840 g/mol. The molecule has 14 nitrogen and oxygen atoms in total. The number of benzene rings is 3. The summed E-state index contributed by atoms with van der Waals surface area (Å²) in [6.45, 7) is 9.68. The van der Waals surface area contributed by atoms with Gasteiger partial charge in [-0.1, -0.05) is 80.8 Å². The van der Waals surface area contributed by atoms with E-state index in [0.29, 0.717) is 43.2 Å². The van der Waals surface area contributed by atoms with E-state index in [1.54, 1.807) is 39.0 Å². The highest BCUT2D eigenvalue weighted by atomic mass is 16.6. The molecule has 4 atom stereocenters. The third-order valence-electron chi connectivity index (χ3n) is 10.8. The van der Waals surface area contributed by atoms with Gasteiger partial charge < -0.3 is 41.7 Å². The molecule has 14 heteroatoms. The molecule has 3 aromatic carbocycles. The first-order valence-corrected chi connectivity index (χ1v) is 21.4. The molecule has 0 radical (unpaired) electrons. The fourth-order valence-electron chi connectivity index (χ4n) is 7.25. The molecule has 1 aliphatic rings. The summed E-state index contributed by atoms with van der Waals surface area (Å²) in [6.07, 6.45) is 4.95. The van der Waals surface area contributed by atoms with E-state index in [1.165, 1.54) is 17.5 Å². The standard InChI is InChI=1S/C47H64N6O8/c1-7-8-14-31-19-22-32(23-20-31)33-24-26-34(27-25-33)41(54)50-37(16-12-13-28-49-46(60)61-47(3,4)5)44(57)53(6)39-36-21-18-30(2)35(29-36)15-10-9-11-17-38(45(58)59)51-43(56)40(48)52-42(39)55/h18-27,29,37-40H,7-17,28,48H2,1-6H3,(H,49,60)(H,50,54)(H,51,56)(H,52,55)(H,58,59)/t37-,38-,39-,40+/m0/s1. The number of hydrogen-bond donors (Lipinski definition) is 6. The average molecular weight is 841 g/mol. The van der Waals surface area contributed by atoms with E-state index >= 15 is 0 Å². The summed E-state index contributed by atoms with van der Waals surface area (Å²) < 4.78 is 5.33. The molecule has 7 N–H and O–H groups in total. The first-order chi connectivity index (χ1) is 29.0. The minimum Gasteiger partial charge on any atom is -0.480 e. The Balaban J connectivity index is 1.61. The Labute approximate surface area is 359 Å². The number of rotatable bonds is 14. The summed E-state index contributed by atoms with van der Waals surface area (Å²) in [5.41, 5.74) is 11.4. The molecule has 0 spiro atoms. The van der Waals surface area contributed by atoms with Gasteiger partial charge in [0.15, 0.2) is 6.17 Å². The summed E-state index contributed by atoms with van der Waals surface area (Å²) in [7, 11) is 1.46. The van der Waals surface area contributed by atoms with Crippen LogP contribution in [-0.4, -0.2) is 83.1 Å². The van der Waals surface area contributed by atoms with Gasteiger partial charge in [0.2, 0.25) is 11.8 Å². The van der Waals surface area contributed by atoms with Crippen LogP contribution in [0.15, 0.2) is 66.7 Å². The molecular formula is C47H64N6O8. The number of fused-ring (bicyclic) bond motifs is 2. The van der Waals surface area contributed by atoms with Gasteiger partial charge in [-0.05, 0) is 125 Å². The van der Waals surface area contributed by atoms with Gasteiger partial charge in [0.25, 0.3) is 11.8 Å². The summed E-state index contributed by atoms with van der Waals surface area (Å²) in [4.78, 5) is 81.2. The summed E-state index contributed by atoms with van der Waals surface area (Å²) >= 11 is 0. The number of nitrogens with zero attached hydrogens (tertiary/aromatic N) is 1. The molecule has 0 aromatic heterocycles. The quantitative estimate of drug-likeness (QED) is 0.104. The Morgan fingerprint density at radius 3 is 2.21 bits per heavy atom. The van der Waals surface area contributed by atoms with Crippen LogP contribution < -0.4 is 27.0 Å². The van der Waals surface area contributed by atoms with Crippen molar-refractivity contribution in [3.05, 3.63) is 94.5 Å². The first kappa shape index (κ1) is 47.9. The van der Waals surface area contributed by atoms with E-state index in [1.807, 2.05) is 31.2 Å². The molecule has 0 fully saturated rings. The summed E-state index contributed by atoms with van der Waals surface area (Å²) in [5.74, 6) is -3.92. The smallest absolute Gasteiger partial charge is 0.407 e. The van der Waals surface area contributed by atoms with Gasteiger partial charge in [0, 0.05) is 19.2 Å². The lowest BCUT2D eigenvalue weighted by molar-refractivity contribution is -0.143. The number of likely N-dealkylation sites (N-methyl/N-ethyl adjacent to an activating group) is 1. The van der Waals surface area contributed by atoms with Crippen molar-refractivity contribution in [2.24, 2.45) is 5.73 Å². The van der Waals surface area contributed by atoms with E-state index in [0.717, 1.165) is 47.9 Å². The lowest BCUT2D eigenvalue weighted by Crippen LogP contribution is -2.58. The Morgan fingerprint density at radius 2 is 1.57 bits per heavy atom. The maximum absolute atomic E-state index is 14.6. The number of hydrogen-bond acceptors (Lipinski definition) is 8. The number of alkyl carbamates (subject to hydrolysis) is 1. The minimum absolute atomic E-state index is 0.166. The molecule has 0 saturated heterocycles. The number of nitrogens with two attached hydrogens (primary N) is 1. The Bertz CT molecular complexity index is 1980. The highest BCUT2D eigenvalue weighted by molar-refractivity contribution is 5.99. The van der Waals surface area contributed by atoms with Crippen molar-refractivity contribution in [3.63, 3.8) is 0 Å². The normalized spacial score (nSPS) is 18.0. The maximum Gasteiger partial charge on any atom is 0.407 e. The molecule has 1 aliphatic heterocycles. The number of amides is 5. The van der Waals surface area contributed by atoms with Crippen molar-refractivity contribution >= 4 is 35.7 Å². The van der Waals surface area contributed by atoms with Gasteiger partial charge in [-0.25, -0.2) is 9.59 Å². The Morgan fingerprint density at radius 1 is 0.902 bits per heavy atom. The van der Waals surface area contributed by atoms with Gasteiger partial charge in [-0.2, -0.15) is 0 Å². The molecule has 0 unspecified atom stereocenters. The van der Waals surface area contributed by atoms with Gasteiger partial charge in [-0.3, -0.25) is 19.2 Å². The van der Waals surface area contributed by atoms with Crippen molar-refractivity contribution in [1.29, 1.82) is 0 Å². The van der Waals surface area contributed by atoms with E-state index in [-0.39, 0.29) is 19.4 Å². The molecule has 2 bridgehead atoms. The number of unbranched alkanes of at least 4 members (excludes halogenated alkanes) is 2. The summed E-state index contributed by atoms with van der Waals surface area (Å²) in [6, 6.07) is 17.4. The number of carbonyl (C=O) groups is 6. The van der Waals surface area contributed by atoms with Crippen molar-refractivity contribution < 1.29 is 38.6 Å². The van der Waals surface area contributed by atoms with Crippen LogP contribution in [0, 0.1) is 6.92 Å². The molecule has 0 aliphatic carbocycles. The lowest BCUT2D eigenvalue weighted by Gasteiger charge is -2.32. The second-order valence-electron chi connectivity index (χ2n) is 16.9. The Hall–Kier alpha value is -5.76. The van der Waals surface area contributed by atoms with Crippen LogP contribution in [0.5, 0.6) is 0 Å². The fraction of sp³-hybridized carbons (Fsp3) is 0.489. The zero-order chi connectivity index (χ0) is 44.7. The number of aryl methyl sites for hydroxylation is 3. The highest BCUT2D eigenvalue weighted by Gasteiger charge is 2.35. The predicted molar refractivity (Wildman–Crippen MR) is 234 cm³/mol. The van der Waals surface area contributed by atoms with Gasteiger partial charge >= 0.3 is 12.1 Å². The highest BCUT2D eigenvalue weighted by Crippen LogP contribution is 2.27. The van der Waals surface area contributed by atoms with Crippen LogP contribution in [-0.2, 0) is 36.8 Å². The van der Waals surface area contributed by atoms with Gasteiger partial charge in [-0.15, -0.1) is 0 Å². The first-order valence-electron chi connectivity index (χ1n) is 21.4. The van der Waals surface area contributed by atoms with Crippen LogP contribution in [0.3, 0.4) is 0 Å². The number of nitrogens with one attached hydrogen (secondary N) is 4. The van der Waals surface area contributed by atoms with Crippen molar-refractivity contribution in [2.75, 3.05) is 13.6 Å². The molecule has 3 aromatic rings. The van der Waals surface area contributed by atoms with Crippen molar-refractivity contribution in [3.8, 4) is 11.1 Å². The second kappa shape index (κ2) is 22.7. The maximum atomic E-state index is 14.6.